The van der Waals surface area contributed by atoms with Crippen molar-refractivity contribution in [3.8, 4) is 0 Å². The van der Waals surface area contributed by atoms with Crippen LogP contribution in [0.25, 0.3) is 0 Å². The first-order valence-electron chi connectivity index (χ1n) is 6.13. The molecule has 0 bridgehead atoms. The summed E-state index contributed by atoms with van der Waals surface area (Å²) < 4.78 is 83.9. The largest absolute Gasteiger partial charge is 0.772 e. The van der Waals surface area contributed by atoms with Gasteiger partial charge in [-0.25, -0.2) is 8.42 Å². The highest BCUT2D eigenvalue weighted by molar-refractivity contribution is 7.89. The van der Waals surface area contributed by atoms with Gasteiger partial charge < -0.3 is 5.21 Å². The van der Waals surface area contributed by atoms with E-state index < -0.39 is 48.5 Å². The third kappa shape index (κ3) is 4.77. The molecule has 1 fully saturated rings. The summed E-state index contributed by atoms with van der Waals surface area (Å²) in [5.74, 6) is 0. The van der Waals surface area contributed by atoms with Gasteiger partial charge in [-0.2, -0.15) is 21.6 Å². The lowest BCUT2D eigenvalue weighted by Crippen LogP contribution is -2.38. The second-order valence-corrected chi connectivity index (χ2v) is 8.26. The van der Waals surface area contributed by atoms with E-state index in [-0.39, 0.29) is 0 Å². The maximum atomic E-state index is 12.0. The highest BCUT2D eigenvalue weighted by Crippen LogP contribution is 2.26. The highest BCUT2D eigenvalue weighted by Gasteiger charge is 2.47. The second-order valence-electron chi connectivity index (χ2n) is 4.55. The maximum Gasteiger partial charge on any atom is 0.523 e. The second kappa shape index (κ2) is 6.77. The molecule has 0 aromatic rings. The fourth-order valence-electron chi connectivity index (χ4n) is 1.94. The fourth-order valence-corrected chi connectivity index (χ4v) is 3.96. The van der Waals surface area contributed by atoms with Gasteiger partial charge in [0.25, 0.3) is 0 Å². The first-order chi connectivity index (χ1) is 9.48. The van der Waals surface area contributed by atoms with Crippen molar-refractivity contribution in [1.29, 1.82) is 0 Å². The Morgan fingerprint density at radius 3 is 2.10 bits per heavy atom. The van der Waals surface area contributed by atoms with Crippen molar-refractivity contribution in [3.05, 3.63) is 5.21 Å². The van der Waals surface area contributed by atoms with E-state index in [9.17, 15) is 35.2 Å². The van der Waals surface area contributed by atoms with E-state index in [0.29, 0.717) is 25.7 Å². The quantitative estimate of drug-likeness (QED) is 0.405. The van der Waals surface area contributed by atoms with E-state index in [1.165, 1.54) is 0 Å². The van der Waals surface area contributed by atoms with E-state index in [1.54, 1.807) is 0 Å². The van der Waals surface area contributed by atoms with E-state index in [1.807, 2.05) is 0 Å². The number of alkyl halides is 3. The van der Waals surface area contributed by atoms with E-state index in [2.05, 4.69) is 4.18 Å². The normalized spacial score (nSPS) is 19.1. The number of hydrogen-bond donors (Lipinski definition) is 0. The summed E-state index contributed by atoms with van der Waals surface area (Å²) >= 11 is 0. The molecular weight excluding hydrogens is 339 g/mol. The summed E-state index contributed by atoms with van der Waals surface area (Å²) in [4.78, 5) is 0. The minimum atomic E-state index is -5.82. The molecule has 21 heavy (non-hydrogen) atoms. The Labute approximate surface area is 120 Å². The summed E-state index contributed by atoms with van der Waals surface area (Å²) in [5, 5.41) is 10.6. The molecule has 0 N–H and O–H groups in total. The van der Waals surface area contributed by atoms with Crippen LogP contribution in [-0.2, 0) is 24.3 Å². The molecule has 1 saturated carbocycles. The fraction of sp³-hybridized carbons (Fsp3) is 1.00. The first-order valence-corrected chi connectivity index (χ1v) is 9.04. The molecule has 0 radical (unpaired) electrons. The summed E-state index contributed by atoms with van der Waals surface area (Å²) in [5.41, 5.74) is -5.61. The molecule has 0 atom stereocenters. The Morgan fingerprint density at radius 2 is 1.62 bits per heavy atom. The molecule has 0 unspecified atom stereocenters. The van der Waals surface area contributed by atoms with Gasteiger partial charge in [-0.15, -0.1) is 0 Å². The van der Waals surface area contributed by atoms with Crippen molar-refractivity contribution < 1.29 is 34.2 Å². The van der Waals surface area contributed by atoms with Gasteiger partial charge in [0.05, 0.1) is 11.9 Å². The average molecular weight is 354 g/mol. The maximum absolute atomic E-state index is 12.0. The van der Waals surface area contributed by atoms with Gasteiger partial charge in [0.15, 0.2) is 0 Å². The average Bonchev–Trinajstić information content (AvgIpc) is 2.38. The molecule has 0 heterocycles. The summed E-state index contributed by atoms with van der Waals surface area (Å²) in [6.45, 7) is -2.19. The standard InChI is InChI=1S/C9H15F3NO6S2/c10-9(11,12)21(17,18)19-7-6-13(14)20(15,16)8-4-2-1-3-5-8/h8H,1-7H2/q-1. The number of hydrogen-bond acceptors (Lipinski definition) is 6. The van der Waals surface area contributed by atoms with Crippen LogP contribution in [0.3, 0.4) is 0 Å². The zero-order chi connectivity index (χ0) is 16.3. The van der Waals surface area contributed by atoms with Crippen LogP contribution in [0.15, 0.2) is 0 Å². The minimum Gasteiger partial charge on any atom is -0.772 e. The predicted molar refractivity (Wildman–Crippen MR) is 66.8 cm³/mol. The van der Waals surface area contributed by atoms with Crippen LogP contribution in [0.4, 0.5) is 13.2 Å². The van der Waals surface area contributed by atoms with Crippen molar-refractivity contribution in [2.24, 2.45) is 0 Å². The first kappa shape index (κ1) is 18.6. The van der Waals surface area contributed by atoms with Gasteiger partial charge in [0.2, 0.25) is 10.0 Å². The van der Waals surface area contributed by atoms with Gasteiger partial charge in [0.1, 0.15) is 0 Å². The summed E-state index contributed by atoms with van der Waals surface area (Å²) in [6.07, 6.45) is 2.77. The highest BCUT2D eigenvalue weighted by atomic mass is 32.2. The molecular formula is C9H15F3NO6S2-. The van der Waals surface area contributed by atoms with E-state index in [4.69, 9.17) is 0 Å². The predicted octanol–water partition coefficient (Wildman–Crippen LogP) is 1.31. The summed E-state index contributed by atoms with van der Waals surface area (Å²) in [7, 11) is -10.0. The Balaban J connectivity index is 2.55. The van der Waals surface area contributed by atoms with Crippen LogP contribution in [0.5, 0.6) is 0 Å². The lowest BCUT2D eigenvalue weighted by Gasteiger charge is -2.33. The Morgan fingerprint density at radius 1 is 1.10 bits per heavy atom. The number of halogens is 3. The van der Waals surface area contributed by atoms with Gasteiger partial charge in [-0.05, 0) is 12.8 Å². The van der Waals surface area contributed by atoms with Crippen LogP contribution in [-0.4, -0.2) is 45.2 Å². The van der Waals surface area contributed by atoms with Crippen molar-refractivity contribution in [3.63, 3.8) is 0 Å². The minimum absolute atomic E-state index is 0.308. The van der Waals surface area contributed by atoms with E-state index >= 15 is 0 Å². The molecule has 1 aliphatic carbocycles. The zero-order valence-electron chi connectivity index (χ0n) is 10.9. The topological polar surface area (TPSA) is 104 Å². The van der Waals surface area contributed by atoms with Crippen molar-refractivity contribution in [2.75, 3.05) is 13.2 Å². The van der Waals surface area contributed by atoms with Crippen LogP contribution in [0.2, 0.25) is 0 Å². The van der Waals surface area contributed by atoms with Gasteiger partial charge in [-0.1, -0.05) is 19.3 Å². The lowest BCUT2D eigenvalue weighted by molar-refractivity contribution is -0.0542. The molecule has 0 spiro atoms. The Bertz CT molecular complexity index is 538. The number of nitrogens with zero attached hydrogens (tertiary/aromatic N) is 1. The summed E-state index contributed by atoms with van der Waals surface area (Å²) in [6, 6.07) is 0. The third-order valence-electron chi connectivity index (χ3n) is 3.05. The molecule has 0 saturated heterocycles. The Kier molecular flexibility index (Phi) is 6.00. The Hall–Kier alpha value is -0.430. The number of rotatable bonds is 6. The van der Waals surface area contributed by atoms with Crippen LogP contribution in [0.1, 0.15) is 32.1 Å². The van der Waals surface area contributed by atoms with Crippen molar-refractivity contribution in [1.82, 2.24) is 4.47 Å². The molecule has 126 valence electrons. The molecule has 12 heteroatoms. The van der Waals surface area contributed by atoms with E-state index in [0.717, 1.165) is 6.42 Å². The molecule has 7 nitrogen and oxygen atoms in total. The van der Waals surface area contributed by atoms with Gasteiger partial charge >= 0.3 is 15.6 Å². The third-order valence-corrected chi connectivity index (χ3v) is 6.16. The van der Waals surface area contributed by atoms with Crippen LogP contribution in [0, 0.1) is 5.21 Å². The zero-order valence-corrected chi connectivity index (χ0v) is 12.5. The molecule has 0 aromatic heterocycles. The van der Waals surface area contributed by atoms with Crippen LogP contribution < -0.4 is 0 Å². The lowest BCUT2D eigenvalue weighted by atomic mass is 10.0. The van der Waals surface area contributed by atoms with Crippen molar-refractivity contribution >= 4 is 20.1 Å². The monoisotopic (exact) mass is 354 g/mol. The number of hydroxylamine groups is 1. The molecule has 1 aliphatic rings. The SMILES string of the molecule is O=S(=O)(C1CCCCC1)N([O-])CCOS(=O)(=O)C(F)(F)F. The molecule has 0 amide bonds. The van der Waals surface area contributed by atoms with Gasteiger partial charge in [0, 0.05) is 6.54 Å². The molecule has 0 aliphatic heterocycles. The van der Waals surface area contributed by atoms with Crippen molar-refractivity contribution in [2.45, 2.75) is 42.9 Å². The smallest absolute Gasteiger partial charge is 0.523 e. The van der Waals surface area contributed by atoms with Gasteiger partial charge in [-0.3, -0.25) is 8.65 Å². The molecule has 0 aromatic carbocycles. The number of sulfonamides is 1. The van der Waals surface area contributed by atoms with Crippen LogP contribution >= 0.6 is 0 Å². The molecule has 1 rings (SSSR count).